The quantitative estimate of drug-likeness (QED) is 0.275. The second-order valence-electron chi connectivity index (χ2n) is 11.1. The van der Waals surface area contributed by atoms with Gasteiger partial charge < -0.3 is 0 Å². The second-order valence-corrected chi connectivity index (χ2v) is 11.1. The van der Waals surface area contributed by atoms with Gasteiger partial charge in [0.1, 0.15) is 0 Å². The number of rotatable bonds is 9. The van der Waals surface area contributed by atoms with Crippen LogP contribution in [0.5, 0.6) is 0 Å². The van der Waals surface area contributed by atoms with Gasteiger partial charge >= 0.3 is 0 Å². The van der Waals surface area contributed by atoms with Crippen LogP contribution in [0.25, 0.3) is 11.8 Å². The molecular formula is C33H40N6. The summed E-state index contributed by atoms with van der Waals surface area (Å²) in [6, 6.07) is 26.0. The summed E-state index contributed by atoms with van der Waals surface area (Å²) in [5.41, 5.74) is 7.27. The zero-order valence-electron chi connectivity index (χ0n) is 23.7. The van der Waals surface area contributed by atoms with Gasteiger partial charge in [-0.05, 0) is 64.4 Å². The summed E-state index contributed by atoms with van der Waals surface area (Å²) in [4.78, 5) is 5.07. The number of aryl methyl sites for hydroxylation is 2. The Bertz CT molecular complexity index is 1340. The lowest BCUT2D eigenvalue weighted by atomic mass is 9.97. The van der Waals surface area contributed by atoms with E-state index in [1.807, 2.05) is 4.68 Å². The van der Waals surface area contributed by atoms with Crippen LogP contribution in [-0.2, 0) is 6.42 Å². The van der Waals surface area contributed by atoms with E-state index in [4.69, 9.17) is 0 Å². The van der Waals surface area contributed by atoms with E-state index < -0.39 is 0 Å². The van der Waals surface area contributed by atoms with E-state index in [2.05, 4.69) is 138 Å². The molecule has 1 aliphatic rings. The molecule has 0 radical (unpaired) electrons. The molecule has 1 unspecified atom stereocenters. The minimum Gasteiger partial charge on any atom is -0.297 e. The third-order valence-corrected chi connectivity index (χ3v) is 7.57. The van der Waals surface area contributed by atoms with Crippen LogP contribution in [0.1, 0.15) is 53.5 Å². The van der Waals surface area contributed by atoms with Crippen LogP contribution in [-0.4, -0.2) is 62.7 Å². The van der Waals surface area contributed by atoms with E-state index in [-0.39, 0.29) is 6.04 Å². The largest absolute Gasteiger partial charge is 0.297 e. The zero-order chi connectivity index (χ0) is 27.2. The molecule has 4 aromatic rings. The van der Waals surface area contributed by atoms with E-state index in [0.717, 1.165) is 50.7 Å². The van der Waals surface area contributed by atoms with Crippen molar-refractivity contribution in [2.75, 3.05) is 32.7 Å². The number of aromatic nitrogens is 4. The molecule has 1 fully saturated rings. The van der Waals surface area contributed by atoms with Crippen LogP contribution >= 0.6 is 0 Å². The third kappa shape index (κ3) is 6.52. The zero-order valence-corrected chi connectivity index (χ0v) is 23.7. The average molecular weight is 521 g/mol. The van der Waals surface area contributed by atoms with Gasteiger partial charge in [-0.2, -0.15) is 4.68 Å². The van der Waals surface area contributed by atoms with Crippen LogP contribution in [0.2, 0.25) is 0 Å². The van der Waals surface area contributed by atoms with E-state index in [9.17, 15) is 0 Å². The lowest BCUT2D eigenvalue weighted by Gasteiger charge is -2.38. The van der Waals surface area contributed by atoms with Gasteiger partial charge in [-0.25, -0.2) is 0 Å². The van der Waals surface area contributed by atoms with Gasteiger partial charge in [0, 0.05) is 32.7 Å². The minimum absolute atomic E-state index is 0.0193. The minimum atomic E-state index is -0.0193. The Hall–Kier alpha value is -3.61. The monoisotopic (exact) mass is 520 g/mol. The summed E-state index contributed by atoms with van der Waals surface area (Å²) in [7, 11) is 0. The van der Waals surface area contributed by atoms with Crippen molar-refractivity contribution in [2.45, 2.75) is 40.2 Å². The molecule has 1 saturated heterocycles. The fraction of sp³-hybridized carbons (Fsp3) is 0.364. The Balaban J connectivity index is 1.40. The number of piperazine rings is 1. The van der Waals surface area contributed by atoms with Crippen molar-refractivity contribution in [3.63, 3.8) is 0 Å². The van der Waals surface area contributed by atoms with Crippen molar-refractivity contribution in [2.24, 2.45) is 5.92 Å². The van der Waals surface area contributed by atoms with Crippen molar-refractivity contribution in [1.29, 1.82) is 0 Å². The van der Waals surface area contributed by atoms with Gasteiger partial charge in [0.05, 0.1) is 11.7 Å². The summed E-state index contributed by atoms with van der Waals surface area (Å²) in [5.74, 6) is 1.51. The summed E-state index contributed by atoms with van der Waals surface area (Å²) in [5, 5.41) is 13.3. The molecule has 2 heterocycles. The molecule has 1 aliphatic heterocycles. The van der Waals surface area contributed by atoms with Gasteiger partial charge in [-0.15, -0.1) is 5.10 Å². The predicted octanol–water partition coefficient (Wildman–Crippen LogP) is 5.90. The molecule has 0 aliphatic carbocycles. The third-order valence-electron chi connectivity index (χ3n) is 7.57. The number of hydrogen-bond acceptors (Lipinski definition) is 5. The number of para-hydroxylation sites is 1. The predicted molar refractivity (Wildman–Crippen MR) is 159 cm³/mol. The fourth-order valence-electron chi connectivity index (χ4n) is 5.60. The van der Waals surface area contributed by atoms with Crippen LogP contribution < -0.4 is 0 Å². The first kappa shape index (κ1) is 27.0. The van der Waals surface area contributed by atoms with Crippen LogP contribution in [0.3, 0.4) is 0 Å². The number of benzene rings is 3. The van der Waals surface area contributed by atoms with Crippen LogP contribution in [0.4, 0.5) is 0 Å². The Morgan fingerprint density at radius 2 is 1.51 bits per heavy atom. The van der Waals surface area contributed by atoms with E-state index in [0.29, 0.717) is 5.92 Å². The van der Waals surface area contributed by atoms with E-state index in [1.54, 1.807) is 0 Å². The molecule has 6 nitrogen and oxygen atoms in total. The van der Waals surface area contributed by atoms with Crippen molar-refractivity contribution in [3.8, 4) is 5.69 Å². The normalized spacial score (nSPS) is 15.8. The van der Waals surface area contributed by atoms with Gasteiger partial charge in [-0.3, -0.25) is 9.80 Å². The first-order valence-electron chi connectivity index (χ1n) is 14.1. The highest BCUT2D eigenvalue weighted by Gasteiger charge is 2.31. The van der Waals surface area contributed by atoms with Gasteiger partial charge in [0.25, 0.3) is 0 Å². The second kappa shape index (κ2) is 12.5. The highest BCUT2D eigenvalue weighted by molar-refractivity contribution is 5.49. The topological polar surface area (TPSA) is 50.1 Å². The molecule has 1 aromatic heterocycles. The van der Waals surface area contributed by atoms with Crippen molar-refractivity contribution < 1.29 is 0 Å². The van der Waals surface area contributed by atoms with Gasteiger partial charge in [-0.1, -0.05) is 98.8 Å². The molecule has 0 spiro atoms. The van der Waals surface area contributed by atoms with Gasteiger partial charge in [0.15, 0.2) is 5.82 Å². The number of hydrogen-bond donors (Lipinski definition) is 0. The molecular weight excluding hydrogens is 480 g/mol. The van der Waals surface area contributed by atoms with E-state index in [1.165, 1.54) is 27.8 Å². The van der Waals surface area contributed by atoms with Crippen molar-refractivity contribution in [1.82, 2.24) is 30.0 Å². The SMILES string of the molecule is Cc1cccc(C)c1-n1nnnc1C(c1ccc(CC(C)C)cc1)N1CCN(CC=Cc2ccccc2)CC1. The van der Waals surface area contributed by atoms with Crippen molar-refractivity contribution in [3.05, 3.63) is 113 Å². The fourth-order valence-corrected chi connectivity index (χ4v) is 5.60. The van der Waals surface area contributed by atoms with Gasteiger partial charge in [0.2, 0.25) is 0 Å². The summed E-state index contributed by atoms with van der Waals surface area (Å²) >= 11 is 0. The molecule has 0 saturated carbocycles. The molecule has 0 bridgehead atoms. The Kier molecular flexibility index (Phi) is 8.64. The molecule has 39 heavy (non-hydrogen) atoms. The lowest BCUT2D eigenvalue weighted by molar-refractivity contribution is 0.113. The smallest absolute Gasteiger partial charge is 0.178 e. The Morgan fingerprint density at radius 1 is 0.821 bits per heavy atom. The maximum Gasteiger partial charge on any atom is 0.178 e. The van der Waals surface area contributed by atoms with E-state index >= 15 is 0 Å². The average Bonchev–Trinajstić information content (AvgIpc) is 3.40. The van der Waals surface area contributed by atoms with Crippen LogP contribution in [0, 0.1) is 19.8 Å². The number of tetrazole rings is 1. The standard InChI is InChI=1S/C33H40N6/c1-25(2)24-29-15-17-30(18-16-29)32(33-34-35-36-39(33)31-26(3)10-8-11-27(31)4)38-22-20-37(21-23-38)19-9-14-28-12-6-5-7-13-28/h5-18,25,32H,19-24H2,1-4H3. The maximum absolute atomic E-state index is 4.64. The molecule has 6 heteroatoms. The first-order chi connectivity index (χ1) is 19.0. The highest BCUT2D eigenvalue weighted by atomic mass is 15.6. The first-order valence-corrected chi connectivity index (χ1v) is 14.1. The molecule has 3 aromatic carbocycles. The maximum atomic E-state index is 4.64. The molecule has 0 N–H and O–H groups in total. The summed E-state index contributed by atoms with van der Waals surface area (Å²) in [6.45, 7) is 13.7. The summed E-state index contributed by atoms with van der Waals surface area (Å²) < 4.78 is 1.96. The molecule has 1 atom stereocenters. The number of nitrogens with zero attached hydrogens (tertiary/aromatic N) is 6. The van der Waals surface area contributed by atoms with Crippen LogP contribution in [0.15, 0.2) is 78.9 Å². The Morgan fingerprint density at radius 3 is 2.18 bits per heavy atom. The molecule has 202 valence electrons. The molecule has 0 amide bonds. The highest BCUT2D eigenvalue weighted by Crippen LogP contribution is 2.31. The molecule has 5 rings (SSSR count). The summed E-state index contributed by atoms with van der Waals surface area (Å²) in [6.07, 6.45) is 5.57. The van der Waals surface area contributed by atoms with Crippen molar-refractivity contribution >= 4 is 6.08 Å². The Labute approximate surface area is 233 Å². The lowest BCUT2D eigenvalue weighted by Crippen LogP contribution is -2.48.